The van der Waals surface area contributed by atoms with Crippen molar-refractivity contribution in [1.29, 1.82) is 0 Å². The molecular weight excluding hydrogens is 304 g/mol. The second-order valence-corrected chi connectivity index (χ2v) is 6.33. The summed E-state index contributed by atoms with van der Waals surface area (Å²) in [5.41, 5.74) is 0. The molecule has 1 rings (SSSR count). The number of aliphatic hydroxyl groups excluding tert-OH is 1. The topological polar surface area (TPSA) is 66.4 Å². The third-order valence-electron chi connectivity index (χ3n) is 2.22. The van der Waals surface area contributed by atoms with Crippen LogP contribution in [-0.4, -0.2) is 26.7 Å². The van der Waals surface area contributed by atoms with Crippen LogP contribution in [0, 0.1) is 11.7 Å². The van der Waals surface area contributed by atoms with Crippen molar-refractivity contribution in [2.24, 2.45) is 5.92 Å². The number of hydrogen-bond donors (Lipinski definition) is 2. The molecular formula is C10H12Cl2FNO3S. The van der Waals surface area contributed by atoms with Crippen LogP contribution in [0.2, 0.25) is 10.0 Å². The van der Waals surface area contributed by atoms with Gasteiger partial charge in [-0.05, 0) is 18.1 Å². The van der Waals surface area contributed by atoms with Crippen LogP contribution in [-0.2, 0) is 10.0 Å². The lowest BCUT2D eigenvalue weighted by Gasteiger charge is -2.12. The Labute approximate surface area is 115 Å². The maximum atomic E-state index is 13.4. The summed E-state index contributed by atoms with van der Waals surface area (Å²) in [6.07, 6.45) is 0. The van der Waals surface area contributed by atoms with Gasteiger partial charge in [-0.2, -0.15) is 0 Å². The molecule has 4 nitrogen and oxygen atoms in total. The Morgan fingerprint density at radius 1 is 1.44 bits per heavy atom. The van der Waals surface area contributed by atoms with Gasteiger partial charge in [0.15, 0.2) is 5.82 Å². The van der Waals surface area contributed by atoms with E-state index in [4.69, 9.17) is 28.3 Å². The van der Waals surface area contributed by atoms with Crippen molar-refractivity contribution in [3.63, 3.8) is 0 Å². The highest BCUT2D eigenvalue weighted by atomic mass is 35.5. The van der Waals surface area contributed by atoms with E-state index in [1.165, 1.54) is 0 Å². The van der Waals surface area contributed by atoms with Crippen LogP contribution < -0.4 is 4.72 Å². The van der Waals surface area contributed by atoms with E-state index < -0.39 is 20.9 Å². The van der Waals surface area contributed by atoms with Crippen molar-refractivity contribution < 1.29 is 17.9 Å². The molecule has 0 aliphatic heterocycles. The van der Waals surface area contributed by atoms with Crippen molar-refractivity contribution >= 4 is 33.2 Å². The predicted octanol–water partition coefficient (Wildman–Crippen LogP) is 2.04. The van der Waals surface area contributed by atoms with Gasteiger partial charge >= 0.3 is 0 Å². The summed E-state index contributed by atoms with van der Waals surface area (Å²) < 4.78 is 39.3. The van der Waals surface area contributed by atoms with Crippen LogP contribution >= 0.6 is 23.2 Å². The molecule has 0 fully saturated rings. The Kier molecular flexibility index (Phi) is 5.36. The molecule has 102 valence electrons. The van der Waals surface area contributed by atoms with E-state index >= 15 is 0 Å². The number of sulfonamides is 1. The summed E-state index contributed by atoms with van der Waals surface area (Å²) in [5.74, 6) is -1.23. The van der Waals surface area contributed by atoms with Gasteiger partial charge in [0.2, 0.25) is 10.0 Å². The molecule has 0 amide bonds. The van der Waals surface area contributed by atoms with Crippen molar-refractivity contribution in [2.45, 2.75) is 11.8 Å². The summed E-state index contributed by atoms with van der Waals surface area (Å²) in [7, 11) is -3.93. The van der Waals surface area contributed by atoms with Crippen LogP contribution in [0.1, 0.15) is 6.92 Å². The van der Waals surface area contributed by atoms with Gasteiger partial charge in [-0.1, -0.05) is 30.1 Å². The lowest BCUT2D eigenvalue weighted by Crippen LogP contribution is -2.30. The second kappa shape index (κ2) is 6.16. The molecule has 0 aliphatic carbocycles. The smallest absolute Gasteiger partial charge is 0.242 e. The van der Waals surface area contributed by atoms with Crippen molar-refractivity contribution in [3.8, 4) is 0 Å². The van der Waals surface area contributed by atoms with Crippen LogP contribution in [0.4, 0.5) is 4.39 Å². The zero-order valence-corrected chi connectivity index (χ0v) is 11.8. The SMILES string of the molecule is CC(CO)CNS(=O)(=O)c1ccc(Cl)c(F)c1Cl. The first kappa shape index (κ1) is 15.7. The van der Waals surface area contributed by atoms with Gasteiger partial charge in [0.1, 0.15) is 4.90 Å². The summed E-state index contributed by atoms with van der Waals surface area (Å²) in [6, 6.07) is 2.24. The quantitative estimate of drug-likeness (QED) is 0.817. The molecule has 0 radical (unpaired) electrons. The van der Waals surface area contributed by atoms with E-state index in [-0.39, 0.29) is 29.0 Å². The van der Waals surface area contributed by atoms with Gasteiger partial charge in [0, 0.05) is 13.2 Å². The lowest BCUT2D eigenvalue weighted by molar-refractivity contribution is 0.238. The molecule has 0 saturated heterocycles. The van der Waals surface area contributed by atoms with Crippen molar-refractivity contribution in [1.82, 2.24) is 4.72 Å². The van der Waals surface area contributed by atoms with Crippen molar-refractivity contribution in [3.05, 3.63) is 28.0 Å². The van der Waals surface area contributed by atoms with Gasteiger partial charge in [-0.15, -0.1) is 0 Å². The van der Waals surface area contributed by atoms with Gasteiger partial charge < -0.3 is 5.11 Å². The number of rotatable bonds is 5. The normalized spacial score (nSPS) is 13.6. The summed E-state index contributed by atoms with van der Waals surface area (Å²) in [6.45, 7) is 1.53. The molecule has 1 unspecified atom stereocenters. The number of nitrogens with one attached hydrogen (secondary N) is 1. The van der Waals surface area contributed by atoms with Crippen LogP contribution in [0.5, 0.6) is 0 Å². The molecule has 2 N–H and O–H groups in total. The molecule has 0 aromatic heterocycles. The molecule has 0 aliphatic rings. The largest absolute Gasteiger partial charge is 0.396 e. The number of halogens is 3. The molecule has 8 heteroatoms. The van der Waals surface area contributed by atoms with E-state index in [0.717, 1.165) is 12.1 Å². The molecule has 1 aromatic carbocycles. The standard InChI is InChI=1S/C10H12Cl2FNO3S/c1-6(5-15)4-14-18(16,17)8-3-2-7(11)10(13)9(8)12/h2-3,6,14-15H,4-5H2,1H3. The third kappa shape index (κ3) is 3.55. The zero-order chi connectivity index (χ0) is 13.9. The van der Waals surface area contributed by atoms with Gasteiger partial charge in [-0.3, -0.25) is 0 Å². The fourth-order valence-electron chi connectivity index (χ4n) is 1.11. The lowest BCUT2D eigenvalue weighted by atomic mass is 10.2. The summed E-state index contributed by atoms with van der Waals surface area (Å²) in [5, 5.41) is 8.00. The third-order valence-corrected chi connectivity index (χ3v) is 4.46. The Bertz CT molecular complexity index is 536. The minimum atomic E-state index is -3.93. The van der Waals surface area contributed by atoms with E-state index in [0.29, 0.717) is 0 Å². The number of aliphatic hydroxyl groups is 1. The Morgan fingerprint density at radius 2 is 2.06 bits per heavy atom. The first-order valence-electron chi connectivity index (χ1n) is 5.03. The summed E-state index contributed by atoms with van der Waals surface area (Å²) >= 11 is 11.1. The number of benzene rings is 1. The average Bonchev–Trinajstić information content (AvgIpc) is 2.32. The van der Waals surface area contributed by atoms with Gasteiger partial charge in [0.05, 0.1) is 10.0 Å². The predicted molar refractivity (Wildman–Crippen MR) is 67.9 cm³/mol. The maximum Gasteiger partial charge on any atom is 0.242 e. The first-order valence-corrected chi connectivity index (χ1v) is 7.27. The molecule has 0 heterocycles. The van der Waals surface area contributed by atoms with E-state index in [9.17, 15) is 12.8 Å². The second-order valence-electron chi connectivity index (χ2n) is 3.81. The van der Waals surface area contributed by atoms with Crippen LogP contribution in [0.3, 0.4) is 0 Å². The molecule has 18 heavy (non-hydrogen) atoms. The van der Waals surface area contributed by atoms with E-state index in [2.05, 4.69) is 4.72 Å². The van der Waals surface area contributed by atoms with Crippen LogP contribution in [0.15, 0.2) is 17.0 Å². The molecule has 0 bridgehead atoms. The Hall–Kier alpha value is -0.400. The highest BCUT2D eigenvalue weighted by Gasteiger charge is 2.22. The zero-order valence-electron chi connectivity index (χ0n) is 9.45. The fraction of sp³-hybridized carbons (Fsp3) is 0.400. The molecule has 0 spiro atoms. The average molecular weight is 316 g/mol. The minimum Gasteiger partial charge on any atom is -0.396 e. The summed E-state index contributed by atoms with van der Waals surface area (Å²) in [4.78, 5) is -0.379. The fourth-order valence-corrected chi connectivity index (χ4v) is 3.02. The Morgan fingerprint density at radius 3 is 2.61 bits per heavy atom. The first-order chi connectivity index (χ1) is 8.29. The van der Waals surface area contributed by atoms with Gasteiger partial charge in [0.25, 0.3) is 0 Å². The van der Waals surface area contributed by atoms with Crippen molar-refractivity contribution in [2.75, 3.05) is 13.2 Å². The van der Waals surface area contributed by atoms with Gasteiger partial charge in [-0.25, -0.2) is 17.5 Å². The number of hydrogen-bond acceptors (Lipinski definition) is 3. The molecule has 0 saturated carbocycles. The minimum absolute atomic E-state index is 0.0272. The molecule has 1 atom stereocenters. The monoisotopic (exact) mass is 315 g/mol. The Balaban J connectivity index is 3.03. The van der Waals surface area contributed by atoms with E-state index in [1.54, 1.807) is 6.92 Å². The molecule has 1 aromatic rings. The van der Waals surface area contributed by atoms with E-state index in [1.807, 2.05) is 0 Å². The maximum absolute atomic E-state index is 13.4. The highest BCUT2D eigenvalue weighted by molar-refractivity contribution is 7.89. The van der Waals surface area contributed by atoms with Crippen LogP contribution in [0.25, 0.3) is 0 Å². The highest BCUT2D eigenvalue weighted by Crippen LogP contribution is 2.29.